The molecule has 7 heteroatoms. The van der Waals surface area contributed by atoms with E-state index < -0.39 is 16.1 Å². The minimum atomic E-state index is -3.87. The number of nitrogens with zero attached hydrogens (tertiary/aromatic N) is 2. The SMILES string of the molecule is Cc1ccc(S(=O)(=O)N2C[C@@H](C(=O)N3CCc4ccccc43)Oc3cc(C)ccc32)cc1. The first-order chi connectivity index (χ1) is 15.3. The van der Waals surface area contributed by atoms with E-state index in [0.717, 1.165) is 28.8 Å². The van der Waals surface area contributed by atoms with Crippen LogP contribution in [0.25, 0.3) is 0 Å². The Morgan fingerprint density at radius 1 is 0.938 bits per heavy atom. The number of ether oxygens (including phenoxy) is 1. The summed E-state index contributed by atoms with van der Waals surface area (Å²) >= 11 is 0. The average molecular weight is 449 g/mol. The molecule has 32 heavy (non-hydrogen) atoms. The molecule has 0 spiro atoms. The molecule has 0 aromatic heterocycles. The molecule has 0 bridgehead atoms. The summed E-state index contributed by atoms with van der Waals surface area (Å²) in [7, 11) is -3.87. The van der Waals surface area contributed by atoms with Crippen molar-refractivity contribution in [3.8, 4) is 5.75 Å². The first kappa shape index (κ1) is 20.6. The van der Waals surface area contributed by atoms with Crippen LogP contribution in [0.3, 0.4) is 0 Å². The Bertz CT molecular complexity index is 1300. The largest absolute Gasteiger partial charge is 0.476 e. The van der Waals surface area contributed by atoms with E-state index in [-0.39, 0.29) is 17.3 Å². The number of carbonyl (C=O) groups excluding carboxylic acids is 1. The Morgan fingerprint density at radius 3 is 2.44 bits per heavy atom. The van der Waals surface area contributed by atoms with Crippen LogP contribution in [0.5, 0.6) is 5.75 Å². The smallest absolute Gasteiger partial charge is 0.269 e. The highest BCUT2D eigenvalue weighted by Gasteiger charge is 2.40. The molecule has 3 aromatic rings. The Kier molecular flexibility index (Phi) is 4.93. The predicted octanol–water partition coefficient (Wildman–Crippen LogP) is 3.85. The molecule has 164 valence electrons. The third kappa shape index (κ3) is 3.42. The van der Waals surface area contributed by atoms with Crippen molar-refractivity contribution in [2.75, 3.05) is 22.3 Å². The molecule has 0 radical (unpaired) electrons. The van der Waals surface area contributed by atoms with Crippen LogP contribution in [-0.2, 0) is 21.2 Å². The van der Waals surface area contributed by atoms with Gasteiger partial charge in [0.2, 0.25) is 0 Å². The normalized spacial score (nSPS) is 17.5. The van der Waals surface area contributed by atoms with E-state index in [1.165, 1.54) is 4.31 Å². The van der Waals surface area contributed by atoms with Crippen molar-refractivity contribution in [2.45, 2.75) is 31.3 Å². The number of para-hydroxylation sites is 1. The zero-order valence-corrected chi connectivity index (χ0v) is 18.8. The second kappa shape index (κ2) is 7.67. The van der Waals surface area contributed by atoms with Crippen molar-refractivity contribution < 1.29 is 17.9 Å². The van der Waals surface area contributed by atoms with Crippen LogP contribution in [0.2, 0.25) is 0 Å². The van der Waals surface area contributed by atoms with Crippen LogP contribution in [0, 0.1) is 13.8 Å². The number of rotatable bonds is 3. The van der Waals surface area contributed by atoms with Gasteiger partial charge in [-0.1, -0.05) is 42.0 Å². The third-order valence-corrected chi connectivity index (χ3v) is 7.82. The van der Waals surface area contributed by atoms with Gasteiger partial charge in [0.05, 0.1) is 17.1 Å². The van der Waals surface area contributed by atoms with E-state index in [2.05, 4.69) is 0 Å². The van der Waals surface area contributed by atoms with E-state index in [4.69, 9.17) is 4.74 Å². The quantitative estimate of drug-likeness (QED) is 0.611. The fourth-order valence-corrected chi connectivity index (χ4v) is 5.77. The summed E-state index contributed by atoms with van der Waals surface area (Å²) in [5.74, 6) is 0.170. The predicted molar refractivity (Wildman–Crippen MR) is 124 cm³/mol. The topological polar surface area (TPSA) is 66.9 Å². The van der Waals surface area contributed by atoms with Crippen LogP contribution in [-0.4, -0.2) is 33.5 Å². The highest BCUT2D eigenvalue weighted by Crippen LogP contribution is 2.39. The van der Waals surface area contributed by atoms with Crippen LogP contribution in [0.4, 0.5) is 11.4 Å². The maximum absolute atomic E-state index is 13.6. The summed E-state index contributed by atoms with van der Waals surface area (Å²) in [5, 5.41) is 0. The van der Waals surface area contributed by atoms with Gasteiger partial charge in [0.15, 0.2) is 6.10 Å². The zero-order chi connectivity index (χ0) is 22.5. The average Bonchev–Trinajstić information content (AvgIpc) is 3.22. The molecule has 6 nitrogen and oxygen atoms in total. The molecule has 3 aromatic carbocycles. The molecule has 0 saturated heterocycles. The molecule has 1 amide bonds. The van der Waals surface area contributed by atoms with Crippen molar-refractivity contribution in [1.82, 2.24) is 0 Å². The van der Waals surface area contributed by atoms with Crippen molar-refractivity contribution in [3.05, 3.63) is 83.4 Å². The molecule has 0 saturated carbocycles. The minimum Gasteiger partial charge on any atom is -0.476 e. The number of hydrogen-bond acceptors (Lipinski definition) is 4. The van der Waals surface area contributed by atoms with E-state index in [1.54, 1.807) is 41.3 Å². The van der Waals surface area contributed by atoms with Gasteiger partial charge < -0.3 is 9.64 Å². The highest BCUT2D eigenvalue weighted by atomic mass is 32.2. The van der Waals surface area contributed by atoms with Gasteiger partial charge in [-0.05, 0) is 61.7 Å². The lowest BCUT2D eigenvalue weighted by atomic mass is 10.1. The lowest BCUT2D eigenvalue weighted by molar-refractivity contribution is -0.125. The van der Waals surface area contributed by atoms with Gasteiger partial charge in [0.1, 0.15) is 5.75 Å². The van der Waals surface area contributed by atoms with E-state index >= 15 is 0 Å². The molecular weight excluding hydrogens is 424 g/mol. The summed E-state index contributed by atoms with van der Waals surface area (Å²) in [5.41, 5.74) is 4.32. The lowest BCUT2D eigenvalue weighted by Crippen LogP contribution is -2.51. The van der Waals surface area contributed by atoms with E-state index in [9.17, 15) is 13.2 Å². The Balaban J connectivity index is 1.54. The first-order valence-corrected chi connectivity index (χ1v) is 12.0. The first-order valence-electron chi connectivity index (χ1n) is 10.6. The zero-order valence-electron chi connectivity index (χ0n) is 18.0. The van der Waals surface area contributed by atoms with Gasteiger partial charge in [0.25, 0.3) is 15.9 Å². The second-order valence-corrected chi connectivity index (χ2v) is 10.2. The molecule has 0 unspecified atom stereocenters. The fraction of sp³-hybridized carbons (Fsp3) is 0.240. The summed E-state index contributed by atoms with van der Waals surface area (Å²) in [4.78, 5) is 15.4. The molecule has 2 heterocycles. The maximum Gasteiger partial charge on any atom is 0.269 e. The van der Waals surface area contributed by atoms with Gasteiger partial charge in [-0.15, -0.1) is 0 Å². The van der Waals surface area contributed by atoms with Crippen LogP contribution < -0.4 is 13.9 Å². The maximum atomic E-state index is 13.6. The van der Waals surface area contributed by atoms with Crippen LogP contribution in [0.1, 0.15) is 16.7 Å². The standard InChI is InChI=1S/C25H24N2O4S/c1-17-7-10-20(11-8-17)32(29,30)27-16-24(31-23-15-18(2)9-12-22(23)27)25(28)26-14-13-19-5-3-4-6-21(19)26/h3-12,15,24H,13-14,16H2,1-2H3/t24-/m0/s1. The minimum absolute atomic E-state index is 0.0796. The number of fused-ring (bicyclic) bond motifs is 2. The number of carbonyl (C=O) groups is 1. The monoisotopic (exact) mass is 448 g/mol. The van der Waals surface area contributed by atoms with Crippen molar-refractivity contribution >= 4 is 27.3 Å². The molecule has 0 aliphatic carbocycles. The molecular formula is C25H24N2O4S. The highest BCUT2D eigenvalue weighted by molar-refractivity contribution is 7.92. The molecule has 1 atom stereocenters. The molecule has 0 N–H and O–H groups in total. The number of aryl methyl sites for hydroxylation is 2. The summed E-state index contributed by atoms with van der Waals surface area (Å²) in [6.07, 6.45) is -0.161. The number of sulfonamides is 1. The lowest BCUT2D eigenvalue weighted by Gasteiger charge is -2.36. The van der Waals surface area contributed by atoms with E-state index in [0.29, 0.717) is 18.0 Å². The van der Waals surface area contributed by atoms with Crippen LogP contribution >= 0.6 is 0 Å². The van der Waals surface area contributed by atoms with Gasteiger partial charge in [0, 0.05) is 12.2 Å². The van der Waals surface area contributed by atoms with Crippen molar-refractivity contribution in [1.29, 1.82) is 0 Å². The third-order valence-electron chi connectivity index (χ3n) is 6.02. The van der Waals surface area contributed by atoms with Gasteiger partial charge in [-0.2, -0.15) is 0 Å². The number of anilines is 2. The number of amides is 1. The van der Waals surface area contributed by atoms with E-state index in [1.807, 2.05) is 44.2 Å². The van der Waals surface area contributed by atoms with Gasteiger partial charge in [-0.25, -0.2) is 8.42 Å². The summed E-state index contributed by atoms with van der Waals surface area (Å²) in [6, 6.07) is 19.9. The molecule has 5 rings (SSSR count). The summed E-state index contributed by atoms with van der Waals surface area (Å²) < 4.78 is 34.6. The molecule has 2 aliphatic rings. The Hall–Kier alpha value is -3.32. The van der Waals surface area contributed by atoms with Gasteiger partial charge in [-0.3, -0.25) is 9.10 Å². The Morgan fingerprint density at radius 2 is 1.66 bits per heavy atom. The van der Waals surface area contributed by atoms with Crippen LogP contribution in [0.15, 0.2) is 71.6 Å². The van der Waals surface area contributed by atoms with Gasteiger partial charge >= 0.3 is 0 Å². The number of hydrogen-bond donors (Lipinski definition) is 0. The van der Waals surface area contributed by atoms with Crippen molar-refractivity contribution in [2.24, 2.45) is 0 Å². The van der Waals surface area contributed by atoms with Crippen molar-refractivity contribution in [3.63, 3.8) is 0 Å². The fourth-order valence-electron chi connectivity index (χ4n) is 4.30. The Labute approximate surface area is 188 Å². The number of benzene rings is 3. The molecule has 2 aliphatic heterocycles. The second-order valence-electron chi connectivity index (χ2n) is 8.30. The molecule has 0 fully saturated rings. The summed E-state index contributed by atoms with van der Waals surface area (Å²) in [6.45, 7) is 4.30.